The summed E-state index contributed by atoms with van der Waals surface area (Å²) in [6.45, 7) is 3.06. The average Bonchev–Trinajstić information content (AvgIpc) is 2.82. The van der Waals surface area contributed by atoms with E-state index in [1.807, 2.05) is 13.0 Å². The third kappa shape index (κ3) is 3.80. The number of hydrogen-bond acceptors (Lipinski definition) is 4. The molecule has 4 nitrogen and oxygen atoms in total. The van der Waals surface area contributed by atoms with Gasteiger partial charge in [-0.3, -0.25) is 4.79 Å². The van der Waals surface area contributed by atoms with Gasteiger partial charge in [-0.2, -0.15) is 0 Å². The van der Waals surface area contributed by atoms with Gasteiger partial charge in [0.25, 0.3) is 5.91 Å². The number of amides is 1. The Morgan fingerprint density at radius 2 is 2.37 bits per heavy atom. The van der Waals surface area contributed by atoms with Gasteiger partial charge in [-0.1, -0.05) is 11.8 Å². The van der Waals surface area contributed by atoms with E-state index in [2.05, 4.69) is 17.2 Å². The fourth-order valence-electron chi connectivity index (χ4n) is 1.98. The van der Waals surface area contributed by atoms with Crippen LogP contribution in [0.15, 0.2) is 12.1 Å². The first kappa shape index (κ1) is 14.1. The molecule has 0 aromatic carbocycles. The lowest BCUT2D eigenvalue weighted by Gasteiger charge is -2.35. The molecule has 1 fully saturated rings. The van der Waals surface area contributed by atoms with Crippen molar-refractivity contribution < 1.29 is 9.53 Å². The molecule has 1 saturated carbocycles. The Kier molecular flexibility index (Phi) is 4.97. The number of ether oxygens (including phenoxy) is 1. The van der Waals surface area contributed by atoms with Crippen LogP contribution in [-0.4, -0.2) is 31.2 Å². The fourth-order valence-corrected chi connectivity index (χ4v) is 2.76. The van der Waals surface area contributed by atoms with Gasteiger partial charge in [-0.15, -0.1) is 11.3 Å². The highest BCUT2D eigenvalue weighted by Gasteiger charge is 2.31. The fraction of sp³-hybridized carbons (Fsp3) is 0.500. The molecule has 3 N–H and O–H groups in total. The first-order chi connectivity index (χ1) is 9.22. The lowest BCUT2D eigenvalue weighted by Crippen LogP contribution is -2.47. The third-order valence-electron chi connectivity index (χ3n) is 2.98. The van der Waals surface area contributed by atoms with E-state index in [1.54, 1.807) is 6.07 Å². The van der Waals surface area contributed by atoms with Crippen molar-refractivity contribution in [1.82, 2.24) is 5.32 Å². The summed E-state index contributed by atoms with van der Waals surface area (Å²) in [6.07, 6.45) is 2.12. The predicted octanol–water partition coefficient (Wildman–Crippen LogP) is 1.36. The molecule has 1 aliphatic rings. The summed E-state index contributed by atoms with van der Waals surface area (Å²) in [5, 5.41) is 3.01. The molecule has 0 radical (unpaired) electrons. The van der Waals surface area contributed by atoms with Crippen molar-refractivity contribution in [3.63, 3.8) is 0 Å². The molecule has 1 amide bonds. The molecule has 0 aliphatic heterocycles. The molecule has 0 unspecified atom stereocenters. The lowest BCUT2D eigenvalue weighted by molar-refractivity contribution is -0.00858. The van der Waals surface area contributed by atoms with Crippen molar-refractivity contribution in [3.05, 3.63) is 21.9 Å². The summed E-state index contributed by atoms with van der Waals surface area (Å²) in [7, 11) is 0. The number of rotatable bonds is 4. The maximum atomic E-state index is 12.0. The second kappa shape index (κ2) is 6.71. The Hall–Kier alpha value is -1.35. The highest BCUT2D eigenvalue weighted by molar-refractivity contribution is 7.14. The Bertz CT molecular complexity index is 495. The first-order valence-electron chi connectivity index (χ1n) is 6.44. The first-order valence-corrected chi connectivity index (χ1v) is 7.25. The van der Waals surface area contributed by atoms with E-state index in [0.29, 0.717) is 17.5 Å². The molecular weight excluding hydrogens is 260 g/mol. The van der Waals surface area contributed by atoms with Crippen molar-refractivity contribution in [3.8, 4) is 11.8 Å². The van der Waals surface area contributed by atoms with Crippen molar-refractivity contribution in [2.24, 2.45) is 5.73 Å². The van der Waals surface area contributed by atoms with Crippen LogP contribution in [0.3, 0.4) is 0 Å². The molecule has 0 saturated heterocycles. The van der Waals surface area contributed by atoms with Crippen LogP contribution in [0.4, 0.5) is 0 Å². The van der Waals surface area contributed by atoms with E-state index in [0.717, 1.165) is 24.3 Å². The van der Waals surface area contributed by atoms with Gasteiger partial charge in [-0.05, 0) is 31.9 Å². The van der Waals surface area contributed by atoms with Gasteiger partial charge in [-0.25, -0.2) is 0 Å². The minimum Gasteiger partial charge on any atom is -0.378 e. The monoisotopic (exact) mass is 278 g/mol. The maximum Gasteiger partial charge on any atom is 0.261 e. The van der Waals surface area contributed by atoms with Gasteiger partial charge in [0.1, 0.15) is 0 Å². The van der Waals surface area contributed by atoms with E-state index < -0.39 is 0 Å². The summed E-state index contributed by atoms with van der Waals surface area (Å²) in [5.74, 6) is 5.69. The zero-order valence-electron chi connectivity index (χ0n) is 10.9. The van der Waals surface area contributed by atoms with E-state index >= 15 is 0 Å². The van der Waals surface area contributed by atoms with Crippen molar-refractivity contribution in [2.75, 3.05) is 13.2 Å². The molecule has 102 valence electrons. The zero-order chi connectivity index (χ0) is 13.7. The second-order valence-electron chi connectivity index (χ2n) is 4.39. The van der Waals surface area contributed by atoms with Gasteiger partial charge in [0.05, 0.1) is 22.4 Å². The maximum absolute atomic E-state index is 12.0. The summed E-state index contributed by atoms with van der Waals surface area (Å²) in [6, 6.07) is 3.90. The zero-order valence-corrected chi connectivity index (χ0v) is 11.8. The van der Waals surface area contributed by atoms with E-state index in [9.17, 15) is 4.79 Å². The third-order valence-corrected chi connectivity index (χ3v) is 3.98. The summed E-state index contributed by atoms with van der Waals surface area (Å²) in [4.78, 5) is 13.6. The number of carbonyl (C=O) groups is 1. The van der Waals surface area contributed by atoms with Crippen molar-refractivity contribution in [1.29, 1.82) is 0 Å². The Morgan fingerprint density at radius 3 is 3.05 bits per heavy atom. The number of thiophene rings is 1. The summed E-state index contributed by atoms with van der Waals surface area (Å²) >= 11 is 1.40. The standard InChI is InChI=1S/C14H18N2O2S/c1-2-18-11-8-10(9-11)16-14(17)13-6-5-12(19-13)4-3-7-15/h5-6,10-11H,2,7-9,15H2,1H3,(H,16,17). The van der Waals surface area contributed by atoms with Crippen molar-refractivity contribution >= 4 is 17.2 Å². The molecule has 19 heavy (non-hydrogen) atoms. The number of nitrogens with two attached hydrogens (primary N) is 1. The van der Waals surface area contributed by atoms with Gasteiger partial charge in [0, 0.05) is 12.6 Å². The van der Waals surface area contributed by atoms with E-state index in [1.165, 1.54) is 11.3 Å². The minimum atomic E-state index is -0.0225. The topological polar surface area (TPSA) is 64.3 Å². The second-order valence-corrected chi connectivity index (χ2v) is 5.47. The number of hydrogen-bond donors (Lipinski definition) is 2. The van der Waals surface area contributed by atoms with Gasteiger partial charge >= 0.3 is 0 Å². The van der Waals surface area contributed by atoms with Crippen LogP contribution < -0.4 is 11.1 Å². The molecule has 1 heterocycles. The molecule has 0 atom stereocenters. The molecule has 1 aromatic rings. The smallest absolute Gasteiger partial charge is 0.261 e. The van der Waals surface area contributed by atoms with Crippen LogP contribution in [0.5, 0.6) is 0 Å². The summed E-state index contributed by atoms with van der Waals surface area (Å²) in [5.41, 5.74) is 5.31. The van der Waals surface area contributed by atoms with Gasteiger partial charge < -0.3 is 15.8 Å². The van der Waals surface area contributed by atoms with Crippen LogP contribution in [0, 0.1) is 11.8 Å². The average molecular weight is 278 g/mol. The minimum absolute atomic E-state index is 0.0225. The van der Waals surface area contributed by atoms with Crippen LogP contribution in [0.1, 0.15) is 34.3 Å². The highest BCUT2D eigenvalue weighted by atomic mass is 32.1. The summed E-state index contributed by atoms with van der Waals surface area (Å²) < 4.78 is 5.46. The highest BCUT2D eigenvalue weighted by Crippen LogP contribution is 2.24. The quantitative estimate of drug-likeness (QED) is 0.817. The molecule has 1 aromatic heterocycles. The normalized spacial score (nSPS) is 21.2. The molecule has 1 aliphatic carbocycles. The molecule has 0 bridgehead atoms. The molecule has 2 rings (SSSR count). The molecular formula is C14H18N2O2S. The predicted molar refractivity (Wildman–Crippen MR) is 76.2 cm³/mol. The van der Waals surface area contributed by atoms with Crippen LogP contribution >= 0.6 is 11.3 Å². The van der Waals surface area contributed by atoms with Crippen molar-refractivity contribution in [2.45, 2.75) is 31.9 Å². The van der Waals surface area contributed by atoms with E-state index in [4.69, 9.17) is 10.5 Å². The Labute approximate surface area is 117 Å². The molecule has 5 heteroatoms. The Balaban J connectivity index is 1.82. The van der Waals surface area contributed by atoms with Crippen LogP contribution in [-0.2, 0) is 4.74 Å². The lowest BCUT2D eigenvalue weighted by atomic mass is 9.89. The number of carbonyl (C=O) groups excluding carboxylic acids is 1. The Morgan fingerprint density at radius 1 is 1.58 bits per heavy atom. The van der Waals surface area contributed by atoms with Gasteiger partial charge in [0.15, 0.2) is 0 Å². The molecule has 0 spiro atoms. The van der Waals surface area contributed by atoms with Crippen LogP contribution in [0.2, 0.25) is 0 Å². The van der Waals surface area contributed by atoms with E-state index in [-0.39, 0.29) is 11.9 Å². The SMILES string of the molecule is CCOC1CC(NC(=O)c2ccc(C#CCN)s2)C1. The van der Waals surface area contributed by atoms with Crippen LogP contribution in [0.25, 0.3) is 0 Å². The van der Waals surface area contributed by atoms with Gasteiger partial charge in [0.2, 0.25) is 0 Å². The number of nitrogens with one attached hydrogen (secondary N) is 1. The largest absolute Gasteiger partial charge is 0.378 e.